The van der Waals surface area contributed by atoms with Crippen LogP contribution in [-0.2, 0) is 6.54 Å². The Morgan fingerprint density at radius 1 is 1.69 bits per heavy atom. The van der Waals surface area contributed by atoms with E-state index in [1.807, 2.05) is 0 Å². The predicted molar refractivity (Wildman–Crippen MR) is 43.2 cm³/mol. The molecular formula is C7H8N4O2. The summed E-state index contributed by atoms with van der Waals surface area (Å²) in [5, 5.41) is 3.67. The van der Waals surface area contributed by atoms with Crippen LogP contribution >= 0.6 is 0 Å². The van der Waals surface area contributed by atoms with E-state index < -0.39 is 0 Å². The molecule has 2 aromatic rings. The fourth-order valence-corrected chi connectivity index (χ4v) is 1.03. The minimum Gasteiger partial charge on any atom is -0.340 e. The largest absolute Gasteiger partial charge is 0.340 e. The van der Waals surface area contributed by atoms with E-state index in [9.17, 15) is 4.79 Å². The molecular weight excluding hydrogens is 172 g/mol. The molecule has 2 heterocycles. The van der Waals surface area contributed by atoms with Gasteiger partial charge in [0, 0.05) is 19.3 Å². The maximum absolute atomic E-state index is 11.1. The number of aromatic amines is 1. The second-order valence-corrected chi connectivity index (χ2v) is 2.62. The van der Waals surface area contributed by atoms with E-state index >= 15 is 0 Å². The molecule has 1 N–H and O–H groups in total. The average Bonchev–Trinajstić information content (AvgIpc) is 2.64. The first-order valence-corrected chi connectivity index (χ1v) is 3.79. The SMILES string of the molecule is Cc1nc(Cn2cc[nH]c2=O)no1. The molecule has 0 spiro atoms. The zero-order valence-corrected chi connectivity index (χ0v) is 7.02. The second-order valence-electron chi connectivity index (χ2n) is 2.62. The number of nitrogens with zero attached hydrogens (tertiary/aromatic N) is 3. The van der Waals surface area contributed by atoms with E-state index in [4.69, 9.17) is 4.52 Å². The summed E-state index contributed by atoms with van der Waals surface area (Å²) < 4.78 is 6.23. The Balaban J connectivity index is 2.24. The van der Waals surface area contributed by atoms with Crippen molar-refractivity contribution in [2.75, 3.05) is 0 Å². The molecule has 0 aliphatic heterocycles. The Bertz CT molecular complexity index is 453. The second kappa shape index (κ2) is 2.89. The van der Waals surface area contributed by atoms with Crippen molar-refractivity contribution in [3.8, 4) is 0 Å². The van der Waals surface area contributed by atoms with Gasteiger partial charge in [-0.05, 0) is 0 Å². The summed E-state index contributed by atoms with van der Waals surface area (Å²) in [4.78, 5) is 17.5. The average molecular weight is 180 g/mol. The lowest BCUT2D eigenvalue weighted by molar-refractivity contribution is 0.386. The first kappa shape index (κ1) is 7.78. The van der Waals surface area contributed by atoms with Crippen LogP contribution in [0.1, 0.15) is 11.7 Å². The lowest BCUT2D eigenvalue weighted by Crippen LogP contribution is -2.17. The van der Waals surface area contributed by atoms with Crippen LogP contribution < -0.4 is 5.69 Å². The zero-order chi connectivity index (χ0) is 9.26. The molecule has 6 heteroatoms. The number of aromatic nitrogens is 4. The third-order valence-electron chi connectivity index (χ3n) is 1.60. The van der Waals surface area contributed by atoms with Gasteiger partial charge in [0.1, 0.15) is 0 Å². The molecule has 0 fully saturated rings. The van der Waals surface area contributed by atoms with Crippen LogP contribution in [0.5, 0.6) is 0 Å². The number of nitrogens with one attached hydrogen (secondary N) is 1. The summed E-state index contributed by atoms with van der Waals surface area (Å²) in [6.07, 6.45) is 3.20. The van der Waals surface area contributed by atoms with Gasteiger partial charge in [-0.25, -0.2) is 4.79 Å². The third-order valence-corrected chi connectivity index (χ3v) is 1.60. The van der Waals surface area contributed by atoms with Crippen molar-refractivity contribution in [2.24, 2.45) is 0 Å². The Morgan fingerprint density at radius 3 is 3.08 bits per heavy atom. The number of hydrogen-bond acceptors (Lipinski definition) is 4. The Morgan fingerprint density at radius 2 is 2.54 bits per heavy atom. The van der Waals surface area contributed by atoms with Crippen LogP contribution in [-0.4, -0.2) is 19.7 Å². The number of H-pyrrole nitrogens is 1. The van der Waals surface area contributed by atoms with E-state index in [0.717, 1.165) is 0 Å². The fraction of sp³-hybridized carbons (Fsp3) is 0.286. The van der Waals surface area contributed by atoms with Gasteiger partial charge >= 0.3 is 5.69 Å². The molecule has 0 radical (unpaired) electrons. The van der Waals surface area contributed by atoms with Gasteiger partial charge in [-0.1, -0.05) is 5.16 Å². The van der Waals surface area contributed by atoms with E-state index in [-0.39, 0.29) is 5.69 Å². The lowest BCUT2D eigenvalue weighted by Gasteiger charge is -1.92. The summed E-state index contributed by atoms with van der Waals surface area (Å²) in [6.45, 7) is 2.04. The molecule has 13 heavy (non-hydrogen) atoms. The van der Waals surface area contributed by atoms with Crippen LogP contribution in [0.4, 0.5) is 0 Å². The Hall–Kier alpha value is -1.85. The van der Waals surface area contributed by atoms with Gasteiger partial charge in [-0.15, -0.1) is 0 Å². The van der Waals surface area contributed by atoms with Crippen LogP contribution in [0.25, 0.3) is 0 Å². The maximum Gasteiger partial charge on any atom is 0.325 e. The van der Waals surface area contributed by atoms with Crippen LogP contribution in [0, 0.1) is 6.92 Å². The Labute approximate surface area is 73.2 Å². The zero-order valence-electron chi connectivity index (χ0n) is 7.02. The van der Waals surface area contributed by atoms with Crippen LogP contribution in [0.3, 0.4) is 0 Å². The molecule has 68 valence electrons. The highest BCUT2D eigenvalue weighted by Gasteiger charge is 2.03. The first-order chi connectivity index (χ1) is 6.25. The van der Waals surface area contributed by atoms with Crippen molar-refractivity contribution in [2.45, 2.75) is 13.5 Å². The van der Waals surface area contributed by atoms with Gasteiger partial charge in [-0.2, -0.15) is 4.98 Å². The predicted octanol–water partition coefficient (Wildman–Crippen LogP) is -0.0839. The van der Waals surface area contributed by atoms with E-state index in [2.05, 4.69) is 15.1 Å². The summed E-state index contributed by atoms with van der Waals surface area (Å²) in [7, 11) is 0. The van der Waals surface area contributed by atoms with Gasteiger partial charge in [0.05, 0.1) is 6.54 Å². The molecule has 0 unspecified atom stereocenters. The molecule has 0 aliphatic carbocycles. The Kier molecular flexibility index (Phi) is 1.73. The normalized spacial score (nSPS) is 10.5. The van der Waals surface area contributed by atoms with E-state index in [1.165, 1.54) is 4.57 Å². The molecule has 0 amide bonds. The number of hydrogen-bond donors (Lipinski definition) is 1. The molecule has 0 saturated heterocycles. The van der Waals surface area contributed by atoms with Gasteiger partial charge in [0.15, 0.2) is 5.82 Å². The molecule has 0 atom stereocenters. The molecule has 0 aliphatic rings. The molecule has 2 rings (SSSR count). The first-order valence-electron chi connectivity index (χ1n) is 3.79. The van der Waals surface area contributed by atoms with Gasteiger partial charge in [-0.3, -0.25) is 4.57 Å². The minimum absolute atomic E-state index is 0.178. The maximum atomic E-state index is 11.1. The van der Waals surface area contributed by atoms with Crippen LogP contribution in [0.2, 0.25) is 0 Å². The number of aryl methyl sites for hydroxylation is 1. The van der Waals surface area contributed by atoms with Gasteiger partial charge in [0.2, 0.25) is 5.89 Å². The quantitative estimate of drug-likeness (QED) is 0.701. The molecule has 0 bridgehead atoms. The topological polar surface area (TPSA) is 76.7 Å². The third kappa shape index (κ3) is 1.51. The molecule has 6 nitrogen and oxygen atoms in total. The lowest BCUT2D eigenvalue weighted by atomic mass is 10.6. The molecule has 2 aromatic heterocycles. The summed E-state index contributed by atoms with van der Waals surface area (Å²) in [5.41, 5.74) is -0.178. The van der Waals surface area contributed by atoms with Crippen LogP contribution in [0.15, 0.2) is 21.7 Å². The fourth-order valence-electron chi connectivity index (χ4n) is 1.03. The highest BCUT2D eigenvalue weighted by Crippen LogP contribution is 1.95. The smallest absolute Gasteiger partial charge is 0.325 e. The van der Waals surface area contributed by atoms with Crippen molar-refractivity contribution in [3.05, 3.63) is 34.6 Å². The summed E-state index contributed by atoms with van der Waals surface area (Å²) in [6, 6.07) is 0. The number of imidazole rings is 1. The van der Waals surface area contributed by atoms with Crippen molar-refractivity contribution >= 4 is 0 Å². The van der Waals surface area contributed by atoms with Crippen molar-refractivity contribution in [1.82, 2.24) is 19.7 Å². The highest BCUT2D eigenvalue weighted by atomic mass is 16.5. The monoisotopic (exact) mass is 180 g/mol. The van der Waals surface area contributed by atoms with E-state index in [0.29, 0.717) is 18.3 Å². The van der Waals surface area contributed by atoms with Crippen molar-refractivity contribution in [1.29, 1.82) is 0 Å². The van der Waals surface area contributed by atoms with Crippen molar-refractivity contribution in [3.63, 3.8) is 0 Å². The van der Waals surface area contributed by atoms with E-state index in [1.54, 1.807) is 19.3 Å². The highest BCUT2D eigenvalue weighted by molar-refractivity contribution is 4.87. The van der Waals surface area contributed by atoms with Crippen molar-refractivity contribution < 1.29 is 4.52 Å². The minimum atomic E-state index is -0.178. The standard InChI is InChI=1S/C7H8N4O2/c1-5-9-6(10-13-5)4-11-3-2-8-7(11)12/h2-3H,4H2,1H3,(H,8,12). The molecule has 0 saturated carbocycles. The van der Waals surface area contributed by atoms with Gasteiger partial charge in [0.25, 0.3) is 0 Å². The molecule has 0 aromatic carbocycles. The summed E-state index contributed by atoms with van der Waals surface area (Å²) in [5.74, 6) is 0.998. The summed E-state index contributed by atoms with van der Waals surface area (Å²) >= 11 is 0. The van der Waals surface area contributed by atoms with Gasteiger partial charge < -0.3 is 9.51 Å². The number of rotatable bonds is 2.